The molecule has 22 heavy (non-hydrogen) atoms. The van der Waals surface area contributed by atoms with Crippen molar-refractivity contribution >= 4 is 22.9 Å². The van der Waals surface area contributed by atoms with Crippen LogP contribution in [0, 0.1) is 11.3 Å². The van der Waals surface area contributed by atoms with E-state index in [1.807, 2.05) is 0 Å². The Kier molecular flexibility index (Phi) is 4.52. The lowest BCUT2D eigenvalue weighted by Gasteiger charge is -2.20. The summed E-state index contributed by atoms with van der Waals surface area (Å²) in [5.74, 6) is -0.0304. The average molecular weight is 311 g/mol. The molecule has 1 aromatic heterocycles. The minimum Gasteiger partial charge on any atom is -0.325 e. The SMILES string of the molecule is N#Cc1cccc(NC(=O)CN(Cc2ccsc2)C2CC2)c1. The van der Waals surface area contributed by atoms with Crippen molar-refractivity contribution in [1.29, 1.82) is 5.26 Å². The molecule has 0 saturated heterocycles. The predicted octanol–water partition coefficient (Wildman–Crippen LogP) is 3.22. The van der Waals surface area contributed by atoms with E-state index < -0.39 is 0 Å². The van der Waals surface area contributed by atoms with Crippen LogP contribution < -0.4 is 5.32 Å². The molecule has 0 aliphatic heterocycles. The standard InChI is InChI=1S/C17H17N3OS/c18-9-13-2-1-3-15(8-13)19-17(21)11-20(16-4-5-16)10-14-6-7-22-12-14/h1-3,6-8,12,16H,4-5,10-11H2,(H,19,21). The van der Waals surface area contributed by atoms with Crippen LogP contribution in [0.2, 0.25) is 0 Å². The van der Waals surface area contributed by atoms with E-state index in [0.29, 0.717) is 23.8 Å². The molecule has 3 rings (SSSR count). The first-order valence-corrected chi connectivity index (χ1v) is 8.24. The lowest BCUT2D eigenvalue weighted by Crippen LogP contribution is -2.34. The fourth-order valence-electron chi connectivity index (χ4n) is 2.42. The molecular formula is C17H17N3OS. The first-order chi connectivity index (χ1) is 10.7. The zero-order valence-electron chi connectivity index (χ0n) is 12.2. The molecule has 5 heteroatoms. The summed E-state index contributed by atoms with van der Waals surface area (Å²) in [5, 5.41) is 16.0. The van der Waals surface area contributed by atoms with Gasteiger partial charge in [-0.05, 0) is 53.4 Å². The van der Waals surface area contributed by atoms with Crippen molar-refractivity contribution in [2.45, 2.75) is 25.4 Å². The fourth-order valence-corrected chi connectivity index (χ4v) is 3.08. The highest BCUT2D eigenvalue weighted by Gasteiger charge is 2.30. The largest absolute Gasteiger partial charge is 0.325 e. The van der Waals surface area contributed by atoms with Crippen molar-refractivity contribution in [3.05, 3.63) is 52.2 Å². The topological polar surface area (TPSA) is 56.1 Å². The van der Waals surface area contributed by atoms with E-state index in [1.54, 1.807) is 35.6 Å². The van der Waals surface area contributed by atoms with E-state index in [-0.39, 0.29) is 5.91 Å². The van der Waals surface area contributed by atoms with Gasteiger partial charge in [-0.15, -0.1) is 0 Å². The highest BCUT2D eigenvalue weighted by molar-refractivity contribution is 7.07. The first-order valence-electron chi connectivity index (χ1n) is 7.30. The molecule has 1 fully saturated rings. The minimum atomic E-state index is -0.0304. The summed E-state index contributed by atoms with van der Waals surface area (Å²) in [4.78, 5) is 14.5. The Bertz CT molecular complexity index is 686. The number of anilines is 1. The number of amides is 1. The molecule has 112 valence electrons. The number of nitrogens with zero attached hydrogens (tertiary/aromatic N) is 2. The smallest absolute Gasteiger partial charge is 0.238 e. The normalized spacial score (nSPS) is 13.8. The van der Waals surface area contributed by atoms with Gasteiger partial charge in [0.05, 0.1) is 18.2 Å². The van der Waals surface area contributed by atoms with E-state index >= 15 is 0 Å². The second-order valence-corrected chi connectivity index (χ2v) is 6.29. The summed E-state index contributed by atoms with van der Waals surface area (Å²) in [7, 11) is 0. The number of carbonyl (C=O) groups is 1. The Labute approximate surface area is 134 Å². The molecule has 2 aromatic rings. The Hall–Kier alpha value is -2.16. The molecular weight excluding hydrogens is 294 g/mol. The van der Waals surface area contributed by atoms with E-state index in [1.165, 1.54) is 18.4 Å². The summed E-state index contributed by atoms with van der Waals surface area (Å²) in [6, 6.07) is 11.7. The molecule has 1 amide bonds. The number of hydrogen-bond donors (Lipinski definition) is 1. The third-order valence-corrected chi connectivity index (χ3v) is 4.38. The molecule has 0 radical (unpaired) electrons. The zero-order valence-corrected chi connectivity index (χ0v) is 13.0. The number of nitrogens with one attached hydrogen (secondary N) is 1. The predicted molar refractivity (Wildman–Crippen MR) is 87.5 cm³/mol. The van der Waals surface area contributed by atoms with Crippen molar-refractivity contribution in [2.75, 3.05) is 11.9 Å². The lowest BCUT2D eigenvalue weighted by atomic mass is 10.2. The molecule has 1 heterocycles. The summed E-state index contributed by atoms with van der Waals surface area (Å²) >= 11 is 1.68. The second-order valence-electron chi connectivity index (χ2n) is 5.51. The summed E-state index contributed by atoms with van der Waals surface area (Å²) in [6.07, 6.45) is 2.34. The van der Waals surface area contributed by atoms with Crippen molar-refractivity contribution in [3.8, 4) is 6.07 Å². The number of benzene rings is 1. The molecule has 1 aliphatic rings. The number of nitriles is 1. The highest BCUT2D eigenvalue weighted by atomic mass is 32.1. The van der Waals surface area contributed by atoms with Crippen LogP contribution in [0.25, 0.3) is 0 Å². The van der Waals surface area contributed by atoms with Crippen LogP contribution in [-0.2, 0) is 11.3 Å². The van der Waals surface area contributed by atoms with Gasteiger partial charge in [0.2, 0.25) is 5.91 Å². The third kappa shape index (κ3) is 3.94. The number of thiophene rings is 1. The van der Waals surface area contributed by atoms with Crippen LogP contribution >= 0.6 is 11.3 Å². The van der Waals surface area contributed by atoms with E-state index in [2.05, 4.69) is 33.1 Å². The molecule has 1 aliphatic carbocycles. The maximum absolute atomic E-state index is 12.3. The highest BCUT2D eigenvalue weighted by Crippen LogP contribution is 2.28. The number of rotatable bonds is 6. The van der Waals surface area contributed by atoms with Gasteiger partial charge < -0.3 is 5.32 Å². The minimum absolute atomic E-state index is 0.0304. The van der Waals surface area contributed by atoms with Crippen molar-refractivity contribution in [3.63, 3.8) is 0 Å². The molecule has 1 aromatic carbocycles. The molecule has 0 spiro atoms. The Morgan fingerprint density at radius 2 is 2.27 bits per heavy atom. The van der Waals surface area contributed by atoms with Gasteiger partial charge in [-0.2, -0.15) is 16.6 Å². The van der Waals surface area contributed by atoms with Crippen molar-refractivity contribution < 1.29 is 4.79 Å². The lowest BCUT2D eigenvalue weighted by molar-refractivity contribution is -0.117. The second kappa shape index (κ2) is 6.73. The van der Waals surface area contributed by atoms with Crippen LogP contribution in [0.4, 0.5) is 5.69 Å². The summed E-state index contributed by atoms with van der Waals surface area (Å²) in [6.45, 7) is 1.21. The van der Waals surface area contributed by atoms with Gasteiger partial charge in [0.1, 0.15) is 0 Å². The summed E-state index contributed by atoms with van der Waals surface area (Å²) < 4.78 is 0. The monoisotopic (exact) mass is 311 g/mol. The quantitative estimate of drug-likeness (QED) is 0.891. The van der Waals surface area contributed by atoms with Crippen molar-refractivity contribution in [2.24, 2.45) is 0 Å². The van der Waals surface area contributed by atoms with Gasteiger partial charge in [0, 0.05) is 18.3 Å². The molecule has 4 nitrogen and oxygen atoms in total. The van der Waals surface area contributed by atoms with Gasteiger partial charge in [-0.1, -0.05) is 6.07 Å². The number of hydrogen-bond acceptors (Lipinski definition) is 4. The first kappa shape index (κ1) is 14.8. The van der Waals surface area contributed by atoms with Crippen LogP contribution in [0.1, 0.15) is 24.0 Å². The van der Waals surface area contributed by atoms with Crippen LogP contribution in [0.3, 0.4) is 0 Å². The van der Waals surface area contributed by atoms with Gasteiger partial charge in [0.25, 0.3) is 0 Å². The molecule has 1 saturated carbocycles. The van der Waals surface area contributed by atoms with Gasteiger partial charge in [-0.25, -0.2) is 0 Å². The van der Waals surface area contributed by atoms with Crippen LogP contribution in [-0.4, -0.2) is 23.4 Å². The van der Waals surface area contributed by atoms with E-state index in [4.69, 9.17) is 5.26 Å². The molecule has 0 atom stereocenters. The molecule has 1 N–H and O–H groups in total. The average Bonchev–Trinajstić information content (AvgIpc) is 3.25. The van der Waals surface area contributed by atoms with Gasteiger partial charge in [-0.3, -0.25) is 9.69 Å². The Morgan fingerprint density at radius 3 is 2.95 bits per heavy atom. The fraction of sp³-hybridized carbons (Fsp3) is 0.294. The van der Waals surface area contributed by atoms with Crippen LogP contribution in [0.15, 0.2) is 41.1 Å². The van der Waals surface area contributed by atoms with E-state index in [0.717, 1.165) is 6.54 Å². The van der Waals surface area contributed by atoms with Crippen LogP contribution in [0.5, 0.6) is 0 Å². The Morgan fingerprint density at radius 1 is 1.41 bits per heavy atom. The molecule has 0 bridgehead atoms. The maximum atomic E-state index is 12.3. The maximum Gasteiger partial charge on any atom is 0.238 e. The summed E-state index contributed by atoms with van der Waals surface area (Å²) in [5.41, 5.74) is 2.49. The third-order valence-electron chi connectivity index (χ3n) is 3.65. The van der Waals surface area contributed by atoms with E-state index in [9.17, 15) is 4.79 Å². The molecule has 0 unspecified atom stereocenters. The number of carbonyl (C=O) groups excluding carboxylic acids is 1. The van der Waals surface area contributed by atoms with Crippen molar-refractivity contribution in [1.82, 2.24) is 4.90 Å². The van der Waals surface area contributed by atoms with Gasteiger partial charge >= 0.3 is 0 Å². The Balaban J connectivity index is 1.60. The zero-order chi connectivity index (χ0) is 15.4. The van der Waals surface area contributed by atoms with Gasteiger partial charge in [0.15, 0.2) is 0 Å².